The zero-order chi connectivity index (χ0) is 12.9. The summed E-state index contributed by atoms with van der Waals surface area (Å²) in [6.07, 6.45) is 0. The third kappa shape index (κ3) is 5.52. The lowest BCUT2D eigenvalue weighted by Crippen LogP contribution is -2.25. The van der Waals surface area contributed by atoms with Crippen LogP contribution in [0.15, 0.2) is 24.3 Å². The molecule has 0 unspecified atom stereocenters. The molecule has 1 amide bonds. The molecule has 7 heteroatoms. The van der Waals surface area contributed by atoms with E-state index in [0.717, 1.165) is 0 Å². The van der Waals surface area contributed by atoms with E-state index in [1.807, 2.05) is 0 Å². The molecule has 0 heterocycles. The lowest BCUT2D eigenvalue weighted by Gasteiger charge is -2.05. The van der Waals surface area contributed by atoms with Crippen LogP contribution in [-0.2, 0) is 14.6 Å². The monoisotopic (exact) mass is 339 g/mol. The number of benzene rings is 1. The van der Waals surface area contributed by atoms with Gasteiger partial charge in [-0.05, 0) is 24.3 Å². The second kappa shape index (κ2) is 6.37. The number of anilines is 1. The van der Waals surface area contributed by atoms with Gasteiger partial charge in [0.15, 0.2) is 9.84 Å². The van der Waals surface area contributed by atoms with Gasteiger partial charge in [-0.2, -0.15) is 0 Å². The summed E-state index contributed by atoms with van der Waals surface area (Å²) in [4.78, 5) is 11.4. The van der Waals surface area contributed by atoms with Crippen molar-refractivity contribution in [3.63, 3.8) is 0 Å². The Kier molecular flexibility index (Phi) is 5.42. The summed E-state index contributed by atoms with van der Waals surface area (Å²) in [6, 6.07) is 6.45. The molecule has 0 saturated carbocycles. The Bertz CT molecular complexity index is 487. The molecule has 0 aliphatic carbocycles. The molecule has 0 saturated heterocycles. The summed E-state index contributed by atoms with van der Waals surface area (Å²) in [5.41, 5.74) is 0.522. The molecule has 1 N–H and O–H groups in total. The molecule has 4 nitrogen and oxygen atoms in total. The van der Waals surface area contributed by atoms with Crippen molar-refractivity contribution in [3.8, 4) is 0 Å². The lowest BCUT2D eigenvalue weighted by atomic mass is 10.3. The molecule has 1 aromatic rings. The Hall–Kier alpha value is -0.590. The maximum Gasteiger partial charge on any atom is 0.239 e. The van der Waals surface area contributed by atoms with E-state index in [9.17, 15) is 13.2 Å². The second-order valence-electron chi connectivity index (χ2n) is 3.34. The molecule has 0 aromatic heterocycles. The topological polar surface area (TPSA) is 63.2 Å². The molecule has 17 heavy (non-hydrogen) atoms. The highest BCUT2D eigenvalue weighted by Gasteiger charge is 2.15. The smallest absolute Gasteiger partial charge is 0.239 e. The third-order valence-corrected chi connectivity index (χ3v) is 4.57. The number of alkyl halides is 1. The Morgan fingerprint density at radius 2 is 1.88 bits per heavy atom. The fourth-order valence-corrected chi connectivity index (χ4v) is 3.58. The summed E-state index contributed by atoms with van der Waals surface area (Å²) < 4.78 is 22.7. The van der Waals surface area contributed by atoms with Crippen LogP contribution in [0.3, 0.4) is 0 Å². The third-order valence-electron chi connectivity index (χ3n) is 1.87. The number of nitrogens with one attached hydrogen (secondary N) is 1. The van der Waals surface area contributed by atoms with Gasteiger partial charge in [0, 0.05) is 16.0 Å². The van der Waals surface area contributed by atoms with Crippen LogP contribution in [0.4, 0.5) is 5.69 Å². The van der Waals surface area contributed by atoms with Gasteiger partial charge in [0.05, 0.1) is 5.75 Å². The Balaban J connectivity index is 2.59. The van der Waals surface area contributed by atoms with Gasteiger partial charge in [0.2, 0.25) is 5.91 Å². The van der Waals surface area contributed by atoms with E-state index >= 15 is 0 Å². The number of rotatable bonds is 5. The van der Waals surface area contributed by atoms with Crippen molar-refractivity contribution >= 4 is 49.0 Å². The van der Waals surface area contributed by atoms with Crippen LogP contribution in [0.2, 0.25) is 5.02 Å². The van der Waals surface area contributed by atoms with Gasteiger partial charge in [-0.3, -0.25) is 4.79 Å². The maximum absolute atomic E-state index is 11.4. The van der Waals surface area contributed by atoms with E-state index in [0.29, 0.717) is 16.0 Å². The van der Waals surface area contributed by atoms with Crippen molar-refractivity contribution in [3.05, 3.63) is 29.3 Å². The first-order chi connectivity index (χ1) is 7.93. The van der Waals surface area contributed by atoms with Gasteiger partial charge in [0.25, 0.3) is 0 Å². The highest BCUT2D eigenvalue weighted by atomic mass is 79.9. The maximum atomic E-state index is 11.4. The molecule has 94 valence electrons. The second-order valence-corrected chi connectivity index (χ2v) is 6.75. The number of carbonyl (C=O) groups excluding carboxylic acids is 1. The normalized spacial score (nSPS) is 11.2. The highest BCUT2D eigenvalue weighted by Crippen LogP contribution is 2.13. The molecule has 0 fully saturated rings. The van der Waals surface area contributed by atoms with Crippen LogP contribution in [0.25, 0.3) is 0 Å². The molecule has 1 aromatic carbocycles. The zero-order valence-electron chi connectivity index (χ0n) is 8.82. The van der Waals surface area contributed by atoms with E-state index in [2.05, 4.69) is 21.2 Å². The predicted molar refractivity (Wildman–Crippen MR) is 72.5 cm³/mol. The minimum atomic E-state index is -3.34. The number of sulfone groups is 1. The van der Waals surface area contributed by atoms with Gasteiger partial charge < -0.3 is 5.32 Å². The van der Waals surface area contributed by atoms with Crippen LogP contribution in [0.1, 0.15) is 0 Å². The van der Waals surface area contributed by atoms with E-state index in [1.54, 1.807) is 24.3 Å². The zero-order valence-corrected chi connectivity index (χ0v) is 12.0. The number of carbonyl (C=O) groups is 1. The molecule has 0 radical (unpaired) electrons. The molecule has 0 atom stereocenters. The van der Waals surface area contributed by atoms with E-state index < -0.39 is 21.5 Å². The van der Waals surface area contributed by atoms with Crippen molar-refractivity contribution < 1.29 is 13.2 Å². The van der Waals surface area contributed by atoms with Crippen molar-refractivity contribution in [2.24, 2.45) is 0 Å². The van der Waals surface area contributed by atoms with Crippen molar-refractivity contribution in [2.75, 3.05) is 22.2 Å². The Morgan fingerprint density at radius 3 is 2.41 bits per heavy atom. The summed E-state index contributed by atoms with van der Waals surface area (Å²) in [6.45, 7) is 0. The Labute approximate surface area is 113 Å². The van der Waals surface area contributed by atoms with Gasteiger partial charge in [-0.15, -0.1) is 0 Å². The van der Waals surface area contributed by atoms with Crippen molar-refractivity contribution in [2.45, 2.75) is 0 Å². The SMILES string of the molecule is O=C(CS(=O)(=O)CCBr)Nc1ccc(Cl)cc1. The fourth-order valence-electron chi connectivity index (χ4n) is 1.12. The summed E-state index contributed by atoms with van der Waals surface area (Å²) in [5, 5.41) is 3.37. The largest absolute Gasteiger partial charge is 0.325 e. The predicted octanol–water partition coefficient (Wildman–Crippen LogP) is 2.09. The van der Waals surface area contributed by atoms with Crippen LogP contribution in [0, 0.1) is 0 Å². The van der Waals surface area contributed by atoms with Crippen LogP contribution >= 0.6 is 27.5 Å². The summed E-state index contributed by atoms with van der Waals surface area (Å²) >= 11 is 8.71. The lowest BCUT2D eigenvalue weighted by molar-refractivity contribution is -0.113. The summed E-state index contributed by atoms with van der Waals surface area (Å²) in [7, 11) is -3.34. The van der Waals surface area contributed by atoms with E-state index in [-0.39, 0.29) is 5.75 Å². The van der Waals surface area contributed by atoms with E-state index in [1.165, 1.54) is 0 Å². The van der Waals surface area contributed by atoms with Crippen LogP contribution in [0.5, 0.6) is 0 Å². The number of hydrogen-bond acceptors (Lipinski definition) is 3. The van der Waals surface area contributed by atoms with Gasteiger partial charge >= 0.3 is 0 Å². The average Bonchev–Trinajstić information content (AvgIpc) is 2.20. The van der Waals surface area contributed by atoms with Gasteiger partial charge in [-0.25, -0.2) is 8.42 Å². The summed E-state index contributed by atoms with van der Waals surface area (Å²) in [5.74, 6) is -1.12. The standard InChI is InChI=1S/C10H11BrClNO3S/c11-5-6-17(15,16)7-10(14)13-9-3-1-8(12)2-4-9/h1-4H,5-7H2,(H,13,14). The average molecular weight is 341 g/mol. The van der Waals surface area contributed by atoms with Gasteiger partial charge in [-0.1, -0.05) is 27.5 Å². The fraction of sp³-hybridized carbons (Fsp3) is 0.300. The first kappa shape index (κ1) is 14.5. The van der Waals surface area contributed by atoms with Crippen molar-refractivity contribution in [1.82, 2.24) is 0 Å². The number of halogens is 2. The molecule has 0 bridgehead atoms. The first-order valence-corrected chi connectivity index (χ1v) is 8.07. The van der Waals surface area contributed by atoms with Crippen LogP contribution in [-0.4, -0.2) is 31.2 Å². The van der Waals surface area contributed by atoms with Crippen LogP contribution < -0.4 is 5.32 Å². The molecule has 0 aliphatic rings. The minimum absolute atomic E-state index is 0.0545. The quantitative estimate of drug-likeness (QED) is 0.835. The van der Waals surface area contributed by atoms with Gasteiger partial charge in [0.1, 0.15) is 5.75 Å². The molecule has 1 rings (SSSR count). The molecular weight excluding hydrogens is 330 g/mol. The molecule has 0 aliphatic heterocycles. The Morgan fingerprint density at radius 1 is 1.29 bits per heavy atom. The highest BCUT2D eigenvalue weighted by molar-refractivity contribution is 9.09. The van der Waals surface area contributed by atoms with E-state index in [4.69, 9.17) is 11.6 Å². The minimum Gasteiger partial charge on any atom is -0.325 e. The van der Waals surface area contributed by atoms with Crippen molar-refractivity contribution in [1.29, 1.82) is 0 Å². The molecular formula is C10H11BrClNO3S. The number of amides is 1. The number of hydrogen-bond donors (Lipinski definition) is 1. The first-order valence-electron chi connectivity index (χ1n) is 4.75. The molecule has 0 spiro atoms.